The molecule has 2 aromatic rings. The van der Waals surface area contributed by atoms with E-state index in [-0.39, 0.29) is 5.82 Å². The number of primary amides is 1. The van der Waals surface area contributed by atoms with Crippen molar-refractivity contribution in [2.45, 2.75) is 0 Å². The molecule has 1 aromatic carbocycles. The Kier molecular flexibility index (Phi) is 2.64. The maximum atomic E-state index is 12.9. The first-order valence-electron chi connectivity index (χ1n) is 4.69. The highest BCUT2D eigenvalue weighted by atomic mass is 19.1. The maximum absolute atomic E-state index is 12.9. The molecule has 0 spiro atoms. The minimum Gasteiger partial charge on any atom is -0.366 e. The van der Waals surface area contributed by atoms with Crippen LogP contribution in [0.5, 0.6) is 0 Å². The fraction of sp³-hybridized carbons (Fsp3) is 0. The summed E-state index contributed by atoms with van der Waals surface area (Å²) in [5, 5.41) is 0.719. The zero-order valence-electron chi connectivity index (χ0n) is 8.35. The van der Waals surface area contributed by atoms with Crippen LogP contribution in [0.4, 0.5) is 4.39 Å². The van der Waals surface area contributed by atoms with Crippen LogP contribution in [0.1, 0.15) is 5.69 Å². The van der Waals surface area contributed by atoms with Crippen molar-refractivity contribution in [1.29, 1.82) is 0 Å². The standard InChI is InChI=1S/C12H9FN2O/c13-9-2-5-11-8(7-9)1-3-10(15-11)4-6-12(14)16/h1-7H,(H2,14,16). The van der Waals surface area contributed by atoms with E-state index >= 15 is 0 Å². The lowest BCUT2D eigenvalue weighted by molar-refractivity contribution is -0.113. The second-order valence-electron chi connectivity index (χ2n) is 3.31. The predicted molar refractivity (Wildman–Crippen MR) is 59.9 cm³/mol. The number of aromatic nitrogens is 1. The third kappa shape index (κ3) is 2.23. The zero-order valence-corrected chi connectivity index (χ0v) is 8.35. The van der Waals surface area contributed by atoms with Crippen LogP contribution in [-0.4, -0.2) is 10.9 Å². The molecule has 16 heavy (non-hydrogen) atoms. The molecule has 0 aliphatic heterocycles. The zero-order chi connectivity index (χ0) is 11.5. The van der Waals surface area contributed by atoms with Crippen LogP contribution in [-0.2, 0) is 4.79 Å². The smallest absolute Gasteiger partial charge is 0.241 e. The maximum Gasteiger partial charge on any atom is 0.241 e. The number of pyridine rings is 1. The molecule has 0 aliphatic carbocycles. The molecule has 0 saturated carbocycles. The second kappa shape index (κ2) is 4.10. The van der Waals surface area contributed by atoms with Crippen LogP contribution in [0, 0.1) is 5.82 Å². The number of rotatable bonds is 2. The molecule has 80 valence electrons. The van der Waals surface area contributed by atoms with E-state index < -0.39 is 5.91 Å². The van der Waals surface area contributed by atoms with Crippen LogP contribution < -0.4 is 5.73 Å². The van der Waals surface area contributed by atoms with Crippen molar-refractivity contribution in [2.75, 3.05) is 0 Å². The van der Waals surface area contributed by atoms with E-state index in [9.17, 15) is 9.18 Å². The van der Waals surface area contributed by atoms with Crippen LogP contribution in [0.15, 0.2) is 36.4 Å². The number of fused-ring (bicyclic) bond motifs is 1. The number of hydrogen-bond donors (Lipinski definition) is 1. The van der Waals surface area contributed by atoms with E-state index in [0.717, 1.165) is 5.39 Å². The molecular weight excluding hydrogens is 207 g/mol. The average Bonchev–Trinajstić information content (AvgIpc) is 2.26. The van der Waals surface area contributed by atoms with Crippen LogP contribution in [0.3, 0.4) is 0 Å². The molecule has 2 rings (SSSR count). The Morgan fingerprint density at radius 1 is 1.31 bits per heavy atom. The largest absolute Gasteiger partial charge is 0.366 e. The molecule has 3 nitrogen and oxygen atoms in total. The van der Waals surface area contributed by atoms with E-state index in [2.05, 4.69) is 4.98 Å². The average molecular weight is 216 g/mol. The van der Waals surface area contributed by atoms with E-state index in [1.165, 1.54) is 24.3 Å². The Morgan fingerprint density at radius 2 is 2.12 bits per heavy atom. The summed E-state index contributed by atoms with van der Waals surface area (Å²) in [6.07, 6.45) is 2.75. The molecule has 0 fully saturated rings. The summed E-state index contributed by atoms with van der Waals surface area (Å²) < 4.78 is 12.9. The van der Waals surface area contributed by atoms with Gasteiger partial charge in [0.2, 0.25) is 5.91 Å². The van der Waals surface area contributed by atoms with Crippen molar-refractivity contribution < 1.29 is 9.18 Å². The molecule has 0 unspecified atom stereocenters. The van der Waals surface area contributed by atoms with E-state index in [0.29, 0.717) is 11.2 Å². The number of hydrogen-bond acceptors (Lipinski definition) is 2. The summed E-state index contributed by atoms with van der Waals surface area (Å²) in [4.78, 5) is 14.8. The van der Waals surface area contributed by atoms with E-state index in [1.807, 2.05) is 0 Å². The molecule has 1 heterocycles. The Balaban J connectivity index is 2.44. The van der Waals surface area contributed by atoms with Gasteiger partial charge in [-0.25, -0.2) is 9.37 Å². The summed E-state index contributed by atoms with van der Waals surface area (Å²) in [6, 6.07) is 7.78. The fourth-order valence-electron chi connectivity index (χ4n) is 1.37. The second-order valence-corrected chi connectivity index (χ2v) is 3.31. The Hall–Kier alpha value is -2.23. The lowest BCUT2D eigenvalue weighted by Crippen LogP contribution is -2.05. The molecule has 0 radical (unpaired) electrons. The number of nitrogens with zero attached hydrogens (tertiary/aromatic N) is 1. The molecule has 1 amide bonds. The van der Waals surface area contributed by atoms with Crippen molar-refractivity contribution in [1.82, 2.24) is 4.98 Å². The summed E-state index contributed by atoms with van der Waals surface area (Å²) in [5.74, 6) is -0.823. The van der Waals surface area contributed by atoms with Gasteiger partial charge in [-0.3, -0.25) is 4.79 Å². The summed E-state index contributed by atoms with van der Waals surface area (Å²) in [5.41, 5.74) is 6.25. The van der Waals surface area contributed by atoms with Crippen LogP contribution >= 0.6 is 0 Å². The number of benzene rings is 1. The quantitative estimate of drug-likeness (QED) is 0.779. The van der Waals surface area contributed by atoms with Gasteiger partial charge in [0.15, 0.2) is 0 Å². The number of carbonyl (C=O) groups is 1. The first-order chi connectivity index (χ1) is 7.65. The van der Waals surface area contributed by atoms with Crippen molar-refractivity contribution >= 4 is 22.9 Å². The van der Waals surface area contributed by atoms with E-state index in [4.69, 9.17) is 5.73 Å². The summed E-state index contributed by atoms with van der Waals surface area (Å²) >= 11 is 0. The molecule has 0 aliphatic rings. The third-order valence-corrected chi connectivity index (χ3v) is 2.09. The van der Waals surface area contributed by atoms with Gasteiger partial charge in [0.25, 0.3) is 0 Å². The fourth-order valence-corrected chi connectivity index (χ4v) is 1.37. The van der Waals surface area contributed by atoms with Gasteiger partial charge < -0.3 is 5.73 Å². The number of carbonyl (C=O) groups excluding carboxylic acids is 1. The Labute approximate surface area is 91.4 Å². The van der Waals surface area contributed by atoms with Crippen molar-refractivity contribution in [2.24, 2.45) is 5.73 Å². The molecule has 0 bridgehead atoms. The Morgan fingerprint density at radius 3 is 2.88 bits per heavy atom. The lowest BCUT2D eigenvalue weighted by Gasteiger charge is -1.98. The van der Waals surface area contributed by atoms with Gasteiger partial charge in [0.05, 0.1) is 11.2 Å². The normalized spacial score (nSPS) is 11.1. The van der Waals surface area contributed by atoms with Gasteiger partial charge in [-0.15, -0.1) is 0 Å². The SMILES string of the molecule is NC(=O)C=Cc1ccc2cc(F)ccc2n1. The van der Waals surface area contributed by atoms with Crippen molar-refractivity contribution in [3.8, 4) is 0 Å². The first-order valence-corrected chi connectivity index (χ1v) is 4.69. The summed E-state index contributed by atoms with van der Waals surface area (Å²) in [6.45, 7) is 0. The number of nitrogens with two attached hydrogens (primary N) is 1. The van der Waals surface area contributed by atoms with Gasteiger partial charge in [-0.05, 0) is 30.3 Å². The highest BCUT2D eigenvalue weighted by Crippen LogP contribution is 2.14. The van der Waals surface area contributed by atoms with Crippen LogP contribution in [0.2, 0.25) is 0 Å². The van der Waals surface area contributed by atoms with Crippen LogP contribution in [0.25, 0.3) is 17.0 Å². The lowest BCUT2D eigenvalue weighted by atomic mass is 10.2. The molecule has 0 atom stereocenters. The number of amides is 1. The predicted octanol–water partition coefficient (Wildman–Crippen LogP) is 1.87. The first kappa shape index (κ1) is 10.3. The van der Waals surface area contributed by atoms with Gasteiger partial charge >= 0.3 is 0 Å². The molecule has 0 saturated heterocycles. The highest BCUT2D eigenvalue weighted by molar-refractivity contribution is 5.90. The van der Waals surface area contributed by atoms with Gasteiger partial charge in [0, 0.05) is 11.5 Å². The van der Waals surface area contributed by atoms with Crippen molar-refractivity contribution in [3.63, 3.8) is 0 Å². The van der Waals surface area contributed by atoms with Gasteiger partial charge in [0.1, 0.15) is 5.82 Å². The topological polar surface area (TPSA) is 56.0 Å². The number of halogens is 1. The van der Waals surface area contributed by atoms with Crippen molar-refractivity contribution in [3.05, 3.63) is 47.9 Å². The molecule has 4 heteroatoms. The van der Waals surface area contributed by atoms with Gasteiger partial charge in [-0.1, -0.05) is 6.07 Å². The van der Waals surface area contributed by atoms with Gasteiger partial charge in [-0.2, -0.15) is 0 Å². The monoisotopic (exact) mass is 216 g/mol. The molecule has 2 N–H and O–H groups in total. The minimum absolute atomic E-state index is 0.297. The van der Waals surface area contributed by atoms with E-state index in [1.54, 1.807) is 18.2 Å². The third-order valence-electron chi connectivity index (χ3n) is 2.09. The molecule has 1 aromatic heterocycles. The highest BCUT2D eigenvalue weighted by Gasteiger charge is 1.98. The summed E-state index contributed by atoms with van der Waals surface area (Å²) in [7, 11) is 0. The minimum atomic E-state index is -0.527. The molecular formula is C12H9FN2O. The Bertz CT molecular complexity index is 578.